The molecule has 2 heterocycles. The van der Waals surface area contributed by atoms with Crippen LogP contribution in [0.4, 0.5) is 13.2 Å². The predicted octanol–water partition coefficient (Wildman–Crippen LogP) is 6.24. The van der Waals surface area contributed by atoms with Crippen LogP contribution < -0.4 is 4.74 Å². The second-order valence-corrected chi connectivity index (χ2v) is 11.1. The monoisotopic (exact) mass is 526 g/mol. The maximum atomic E-state index is 13.6. The molecule has 1 saturated carbocycles. The SMILES string of the molecule is COC(=O)[C@@H](C)[C@H](c1ccc2c(c1)OC1(CC2)CCN(Cc2cc(C#N)ccc2C(F)(F)F)CC1)C1CC1. The Hall–Kier alpha value is -3.05. The van der Waals surface area contributed by atoms with Crippen LogP contribution in [0.2, 0.25) is 0 Å². The minimum absolute atomic E-state index is 0.100. The summed E-state index contributed by atoms with van der Waals surface area (Å²) >= 11 is 0. The van der Waals surface area contributed by atoms with Crippen LogP contribution in [0.3, 0.4) is 0 Å². The number of nitriles is 1. The van der Waals surface area contributed by atoms with E-state index in [0.29, 0.717) is 19.0 Å². The van der Waals surface area contributed by atoms with E-state index >= 15 is 0 Å². The van der Waals surface area contributed by atoms with Crippen molar-refractivity contribution in [2.75, 3.05) is 20.2 Å². The highest BCUT2D eigenvalue weighted by Gasteiger charge is 2.42. The Balaban J connectivity index is 1.29. The summed E-state index contributed by atoms with van der Waals surface area (Å²) in [6, 6.07) is 11.9. The molecule has 8 heteroatoms. The summed E-state index contributed by atoms with van der Waals surface area (Å²) in [5.74, 6) is 1.02. The molecular weight excluding hydrogens is 493 g/mol. The maximum Gasteiger partial charge on any atom is 0.416 e. The van der Waals surface area contributed by atoms with Gasteiger partial charge in [-0.25, -0.2) is 0 Å². The largest absolute Gasteiger partial charge is 0.487 e. The molecular formula is C30H33F3N2O3. The highest BCUT2D eigenvalue weighted by atomic mass is 19.4. The summed E-state index contributed by atoms with van der Waals surface area (Å²) in [5, 5.41) is 9.18. The molecule has 1 spiro atoms. The number of likely N-dealkylation sites (tertiary alicyclic amines) is 1. The van der Waals surface area contributed by atoms with Crippen molar-refractivity contribution in [3.8, 4) is 11.8 Å². The van der Waals surface area contributed by atoms with Crippen LogP contribution in [0.25, 0.3) is 0 Å². The lowest BCUT2D eigenvalue weighted by Gasteiger charge is -2.45. The van der Waals surface area contributed by atoms with Crippen molar-refractivity contribution < 1.29 is 27.4 Å². The molecule has 3 aliphatic rings. The van der Waals surface area contributed by atoms with E-state index in [1.807, 2.05) is 17.9 Å². The Labute approximate surface area is 221 Å². The number of halogens is 3. The Kier molecular flexibility index (Phi) is 7.17. The fraction of sp³-hybridized carbons (Fsp3) is 0.533. The summed E-state index contributed by atoms with van der Waals surface area (Å²) in [5.41, 5.74) is 1.61. The van der Waals surface area contributed by atoms with Crippen LogP contribution in [-0.2, 0) is 28.7 Å². The molecule has 0 radical (unpaired) electrons. The van der Waals surface area contributed by atoms with Gasteiger partial charge < -0.3 is 9.47 Å². The molecule has 0 bridgehead atoms. The van der Waals surface area contributed by atoms with Gasteiger partial charge in [0.25, 0.3) is 0 Å². The van der Waals surface area contributed by atoms with Gasteiger partial charge in [-0.3, -0.25) is 9.69 Å². The van der Waals surface area contributed by atoms with Crippen molar-refractivity contribution >= 4 is 5.97 Å². The molecule has 5 rings (SSSR count). The second-order valence-electron chi connectivity index (χ2n) is 11.1. The molecule has 0 aromatic heterocycles. The average Bonchev–Trinajstić information content (AvgIpc) is 3.74. The third-order valence-corrected chi connectivity index (χ3v) is 8.60. The highest BCUT2D eigenvalue weighted by molar-refractivity contribution is 5.73. The molecule has 0 N–H and O–H groups in total. The van der Waals surface area contributed by atoms with E-state index in [-0.39, 0.29) is 41.1 Å². The molecule has 38 heavy (non-hydrogen) atoms. The molecule has 1 aliphatic carbocycles. The Morgan fingerprint density at radius 2 is 1.92 bits per heavy atom. The number of nitrogens with zero attached hydrogens (tertiary/aromatic N) is 2. The van der Waals surface area contributed by atoms with Crippen LogP contribution in [0.5, 0.6) is 5.75 Å². The van der Waals surface area contributed by atoms with Crippen molar-refractivity contribution in [2.24, 2.45) is 11.8 Å². The lowest BCUT2D eigenvalue weighted by molar-refractivity contribution is -0.145. The van der Waals surface area contributed by atoms with Crippen molar-refractivity contribution in [1.82, 2.24) is 4.90 Å². The number of rotatable bonds is 6. The number of ether oxygens (including phenoxy) is 2. The van der Waals surface area contributed by atoms with Crippen molar-refractivity contribution in [3.63, 3.8) is 0 Å². The number of methoxy groups -OCH3 is 1. The molecule has 1 saturated heterocycles. The molecule has 5 nitrogen and oxygen atoms in total. The normalized spacial score (nSPS) is 20.6. The first kappa shape index (κ1) is 26.6. The number of hydrogen-bond acceptors (Lipinski definition) is 5. The second kappa shape index (κ2) is 10.3. The zero-order valence-electron chi connectivity index (χ0n) is 21.8. The molecule has 2 aromatic rings. The topological polar surface area (TPSA) is 62.6 Å². The van der Waals surface area contributed by atoms with E-state index in [0.717, 1.165) is 61.5 Å². The molecule has 2 aromatic carbocycles. The van der Waals surface area contributed by atoms with E-state index in [1.165, 1.54) is 19.2 Å². The van der Waals surface area contributed by atoms with Gasteiger partial charge in [0.05, 0.1) is 30.2 Å². The van der Waals surface area contributed by atoms with Crippen LogP contribution in [-0.4, -0.2) is 36.7 Å². The summed E-state index contributed by atoms with van der Waals surface area (Å²) in [4.78, 5) is 14.3. The summed E-state index contributed by atoms with van der Waals surface area (Å²) < 4.78 is 52.4. The first-order chi connectivity index (χ1) is 18.1. The molecule has 202 valence electrons. The zero-order valence-corrected chi connectivity index (χ0v) is 21.8. The van der Waals surface area contributed by atoms with Gasteiger partial charge in [0.2, 0.25) is 0 Å². The maximum absolute atomic E-state index is 13.6. The molecule has 2 fully saturated rings. The quantitative estimate of drug-likeness (QED) is 0.417. The van der Waals surface area contributed by atoms with Gasteiger partial charge >= 0.3 is 12.1 Å². The number of esters is 1. The zero-order chi connectivity index (χ0) is 27.1. The number of alkyl halides is 3. The third-order valence-electron chi connectivity index (χ3n) is 8.60. The van der Waals surface area contributed by atoms with Gasteiger partial charge in [0.1, 0.15) is 11.4 Å². The first-order valence-corrected chi connectivity index (χ1v) is 13.3. The summed E-state index contributed by atoms with van der Waals surface area (Å²) in [7, 11) is 1.43. The van der Waals surface area contributed by atoms with Crippen LogP contribution in [0.1, 0.15) is 72.8 Å². The number of hydrogen-bond donors (Lipinski definition) is 0. The number of benzene rings is 2. The first-order valence-electron chi connectivity index (χ1n) is 13.3. The molecule has 0 amide bonds. The third kappa shape index (κ3) is 5.40. The van der Waals surface area contributed by atoms with Gasteiger partial charge in [0.15, 0.2) is 0 Å². The van der Waals surface area contributed by atoms with Gasteiger partial charge in [-0.2, -0.15) is 18.4 Å². The number of fused-ring (bicyclic) bond motifs is 1. The number of carbonyl (C=O) groups excluding carboxylic acids is 1. The van der Waals surface area contributed by atoms with E-state index in [4.69, 9.17) is 9.47 Å². The molecule has 2 aliphatic heterocycles. The number of carbonyl (C=O) groups is 1. The Bertz CT molecular complexity index is 1240. The summed E-state index contributed by atoms with van der Waals surface area (Å²) in [6.45, 7) is 3.32. The number of aryl methyl sites for hydroxylation is 1. The molecule has 0 unspecified atom stereocenters. The smallest absolute Gasteiger partial charge is 0.416 e. The summed E-state index contributed by atoms with van der Waals surface area (Å²) in [6.07, 6.45) is 0.960. The Morgan fingerprint density at radius 1 is 1.18 bits per heavy atom. The fourth-order valence-corrected chi connectivity index (χ4v) is 6.27. The van der Waals surface area contributed by atoms with Crippen LogP contribution in [0, 0.1) is 23.2 Å². The lowest BCUT2D eigenvalue weighted by atomic mass is 9.80. The van der Waals surface area contributed by atoms with Crippen LogP contribution >= 0.6 is 0 Å². The van der Waals surface area contributed by atoms with E-state index in [2.05, 4.69) is 18.2 Å². The van der Waals surface area contributed by atoms with Gasteiger partial charge in [-0.05, 0) is 91.3 Å². The van der Waals surface area contributed by atoms with E-state index in [9.17, 15) is 23.2 Å². The van der Waals surface area contributed by atoms with E-state index < -0.39 is 11.7 Å². The van der Waals surface area contributed by atoms with Gasteiger partial charge in [-0.15, -0.1) is 0 Å². The number of piperidine rings is 1. The predicted molar refractivity (Wildman–Crippen MR) is 135 cm³/mol. The average molecular weight is 527 g/mol. The highest BCUT2D eigenvalue weighted by Crippen LogP contribution is 2.49. The molecule has 2 atom stereocenters. The van der Waals surface area contributed by atoms with Crippen molar-refractivity contribution in [1.29, 1.82) is 5.26 Å². The van der Waals surface area contributed by atoms with Crippen molar-refractivity contribution in [3.05, 3.63) is 64.2 Å². The minimum Gasteiger partial charge on any atom is -0.487 e. The van der Waals surface area contributed by atoms with Crippen LogP contribution in [0.15, 0.2) is 36.4 Å². The van der Waals surface area contributed by atoms with Gasteiger partial charge in [-0.1, -0.05) is 19.1 Å². The minimum atomic E-state index is -4.46. The Morgan fingerprint density at radius 3 is 2.55 bits per heavy atom. The van der Waals surface area contributed by atoms with Gasteiger partial charge in [0, 0.05) is 19.6 Å². The van der Waals surface area contributed by atoms with Crippen molar-refractivity contribution in [2.45, 2.75) is 69.7 Å². The van der Waals surface area contributed by atoms with E-state index in [1.54, 1.807) is 0 Å². The lowest BCUT2D eigenvalue weighted by Crippen LogP contribution is -2.49. The fourth-order valence-electron chi connectivity index (χ4n) is 6.27. The standard InChI is InChI=1S/C30H33F3N2O3/c1-19(28(36)37-2)27(22-5-6-22)23-7-4-21-9-10-29(38-26(21)16-23)11-13-35(14-12-29)18-24-15-20(17-34)3-8-25(24)30(31,32)33/h3-4,7-8,15-16,19,22,27H,5-6,9-14,18H2,1-2H3/t19-,27-/m0/s1.